The van der Waals surface area contributed by atoms with Crippen LogP contribution in [0.4, 0.5) is 0 Å². The van der Waals surface area contributed by atoms with Crippen LogP contribution in [-0.4, -0.2) is 0 Å². The van der Waals surface area contributed by atoms with E-state index in [2.05, 4.69) is 54.6 Å². The first-order chi connectivity index (χ1) is 13.1. The molecule has 130 valence electrons. The molecule has 3 nitrogen and oxygen atoms in total. The average Bonchev–Trinajstić information content (AvgIpc) is 2.68. The van der Waals surface area contributed by atoms with Crippen LogP contribution >= 0.6 is 0 Å². The van der Waals surface area contributed by atoms with E-state index in [0.29, 0.717) is 6.54 Å². The van der Waals surface area contributed by atoms with E-state index in [0.717, 1.165) is 39.0 Å². The zero-order valence-electron chi connectivity index (χ0n) is 15.6. The molecule has 1 aromatic heterocycles. The number of ether oxygens (including phenoxy) is 1. The molecule has 4 aromatic rings. The molecule has 0 bridgehead atoms. The van der Waals surface area contributed by atoms with Crippen LogP contribution in [-0.2, 0) is 13.6 Å². The van der Waals surface area contributed by atoms with Gasteiger partial charge in [0.1, 0.15) is 12.8 Å². The number of rotatable bonds is 1. The molecule has 0 spiro atoms. The van der Waals surface area contributed by atoms with Crippen molar-refractivity contribution in [3.05, 3.63) is 76.6 Å². The fourth-order valence-corrected chi connectivity index (χ4v) is 4.34. The Morgan fingerprint density at radius 1 is 1.07 bits per heavy atom. The fourth-order valence-electron chi connectivity index (χ4n) is 4.34. The highest BCUT2D eigenvalue weighted by atomic mass is 16.5. The van der Waals surface area contributed by atoms with Crippen molar-refractivity contribution in [1.29, 1.82) is 0 Å². The summed E-state index contributed by atoms with van der Waals surface area (Å²) >= 11 is 0. The SMILES string of the molecule is [C-]#[N+]Cc1c2c([n+](C)c3ccccc13)-c1c(C)c(C)cc3cccc(c13)O2. The zero-order valence-corrected chi connectivity index (χ0v) is 15.6. The summed E-state index contributed by atoms with van der Waals surface area (Å²) in [5, 5.41) is 3.43. The lowest BCUT2D eigenvalue weighted by molar-refractivity contribution is -0.633. The van der Waals surface area contributed by atoms with Gasteiger partial charge in [0, 0.05) is 11.5 Å². The summed E-state index contributed by atoms with van der Waals surface area (Å²) in [4.78, 5) is 3.70. The van der Waals surface area contributed by atoms with E-state index in [1.165, 1.54) is 22.1 Å². The first kappa shape index (κ1) is 15.8. The first-order valence-corrected chi connectivity index (χ1v) is 9.09. The Morgan fingerprint density at radius 2 is 1.89 bits per heavy atom. The topological polar surface area (TPSA) is 17.5 Å². The number of fused-ring (bicyclic) bond motifs is 3. The Kier molecular flexibility index (Phi) is 3.26. The molecule has 0 amide bonds. The van der Waals surface area contributed by atoms with Gasteiger partial charge in [0.05, 0.1) is 16.5 Å². The van der Waals surface area contributed by atoms with Gasteiger partial charge in [0.15, 0.2) is 0 Å². The molecule has 0 N–H and O–H groups in total. The van der Waals surface area contributed by atoms with Crippen LogP contribution in [0.3, 0.4) is 0 Å². The van der Waals surface area contributed by atoms with Crippen molar-refractivity contribution in [2.45, 2.75) is 20.4 Å². The van der Waals surface area contributed by atoms with Gasteiger partial charge in [-0.05, 0) is 42.5 Å². The number of nitrogens with zero attached hydrogens (tertiary/aromatic N) is 2. The van der Waals surface area contributed by atoms with Gasteiger partial charge < -0.3 is 9.58 Å². The summed E-state index contributed by atoms with van der Waals surface area (Å²) < 4.78 is 8.67. The highest BCUT2D eigenvalue weighted by Gasteiger charge is 2.35. The molecule has 5 rings (SSSR count). The Balaban J connectivity index is 2.05. The van der Waals surface area contributed by atoms with E-state index in [1.54, 1.807) is 0 Å². The number of hydrogen-bond donors (Lipinski definition) is 0. The zero-order chi connectivity index (χ0) is 18.7. The fraction of sp³-hybridized carbons (Fsp3) is 0.167. The molecule has 0 saturated carbocycles. The van der Waals surface area contributed by atoms with Crippen molar-refractivity contribution in [1.82, 2.24) is 0 Å². The molecule has 0 saturated heterocycles. The molecule has 0 unspecified atom stereocenters. The van der Waals surface area contributed by atoms with Crippen molar-refractivity contribution in [3.8, 4) is 22.8 Å². The predicted octanol–water partition coefficient (Wildman–Crippen LogP) is 5.63. The predicted molar refractivity (Wildman–Crippen MR) is 108 cm³/mol. The summed E-state index contributed by atoms with van der Waals surface area (Å²) in [6, 6.07) is 16.7. The lowest BCUT2D eigenvalue weighted by Gasteiger charge is -2.23. The molecule has 0 atom stereocenters. The standard InChI is InChI=1S/C24H19N2O/c1-14-12-16-8-7-11-20-22(16)21(15(14)2)23-24(27-20)18(13-25-3)17-9-5-6-10-19(17)26(23)4/h5-12H,13H2,1-2,4H3/q+1. The lowest BCUT2D eigenvalue weighted by Crippen LogP contribution is -2.34. The van der Waals surface area contributed by atoms with Gasteiger partial charge in [-0.15, -0.1) is 0 Å². The van der Waals surface area contributed by atoms with E-state index in [9.17, 15) is 0 Å². The molecule has 0 radical (unpaired) electrons. The molecule has 0 aliphatic carbocycles. The van der Waals surface area contributed by atoms with E-state index in [4.69, 9.17) is 11.3 Å². The third-order valence-corrected chi connectivity index (χ3v) is 5.75. The number of aryl methyl sites for hydroxylation is 2. The number of hydrogen-bond acceptors (Lipinski definition) is 1. The normalized spacial score (nSPS) is 11.9. The maximum Gasteiger partial charge on any atom is 0.257 e. The molecule has 1 aliphatic rings. The summed E-state index contributed by atoms with van der Waals surface area (Å²) in [5.41, 5.74) is 6.91. The Morgan fingerprint density at radius 3 is 2.70 bits per heavy atom. The molecule has 3 aromatic carbocycles. The van der Waals surface area contributed by atoms with E-state index >= 15 is 0 Å². The van der Waals surface area contributed by atoms with Crippen LogP contribution < -0.4 is 9.30 Å². The van der Waals surface area contributed by atoms with Crippen LogP contribution in [0.1, 0.15) is 16.7 Å². The number of benzene rings is 3. The second-order valence-corrected chi connectivity index (χ2v) is 7.20. The van der Waals surface area contributed by atoms with Crippen LogP contribution in [0, 0.1) is 20.4 Å². The van der Waals surface area contributed by atoms with Crippen molar-refractivity contribution in [2.24, 2.45) is 7.05 Å². The van der Waals surface area contributed by atoms with Crippen molar-refractivity contribution < 1.29 is 9.30 Å². The largest absolute Gasteiger partial charge is 0.449 e. The Labute approximate surface area is 158 Å². The van der Waals surface area contributed by atoms with Gasteiger partial charge in [-0.2, -0.15) is 4.57 Å². The minimum atomic E-state index is 0.305. The Bertz CT molecular complexity index is 1310. The summed E-state index contributed by atoms with van der Waals surface area (Å²) in [6.07, 6.45) is 0. The second kappa shape index (κ2) is 5.56. The third-order valence-electron chi connectivity index (χ3n) is 5.75. The molecule has 3 heteroatoms. The minimum absolute atomic E-state index is 0.305. The van der Waals surface area contributed by atoms with Crippen molar-refractivity contribution >= 4 is 21.7 Å². The molecule has 2 heterocycles. The van der Waals surface area contributed by atoms with Crippen molar-refractivity contribution in [2.75, 3.05) is 0 Å². The smallest absolute Gasteiger partial charge is 0.257 e. The number of aromatic nitrogens is 1. The van der Waals surface area contributed by atoms with Gasteiger partial charge >= 0.3 is 0 Å². The highest BCUT2D eigenvalue weighted by Crippen LogP contribution is 2.49. The van der Waals surface area contributed by atoms with Crippen LogP contribution in [0.25, 0.3) is 37.8 Å². The van der Waals surface area contributed by atoms with Crippen LogP contribution in [0.15, 0.2) is 48.5 Å². The van der Waals surface area contributed by atoms with Crippen molar-refractivity contribution in [3.63, 3.8) is 0 Å². The van der Waals surface area contributed by atoms with Crippen LogP contribution in [0.5, 0.6) is 11.5 Å². The summed E-state index contributed by atoms with van der Waals surface area (Å²) in [6.45, 7) is 12.1. The maximum atomic E-state index is 7.48. The van der Waals surface area contributed by atoms with Gasteiger partial charge in [-0.25, -0.2) is 6.57 Å². The number of pyridine rings is 1. The maximum absolute atomic E-state index is 7.48. The van der Waals surface area contributed by atoms with E-state index < -0.39 is 0 Å². The van der Waals surface area contributed by atoms with Gasteiger partial charge in [-0.3, -0.25) is 0 Å². The van der Waals surface area contributed by atoms with E-state index in [1.807, 2.05) is 24.3 Å². The minimum Gasteiger partial charge on any atom is -0.449 e. The van der Waals surface area contributed by atoms with Gasteiger partial charge in [0.25, 0.3) is 5.69 Å². The third kappa shape index (κ3) is 2.04. The summed E-state index contributed by atoms with van der Waals surface area (Å²) in [5.74, 6) is 1.69. The molecule has 27 heavy (non-hydrogen) atoms. The molecular formula is C24H19N2O+. The second-order valence-electron chi connectivity index (χ2n) is 7.20. The van der Waals surface area contributed by atoms with Gasteiger partial charge in [-0.1, -0.05) is 30.3 Å². The average molecular weight is 351 g/mol. The first-order valence-electron chi connectivity index (χ1n) is 9.09. The lowest BCUT2D eigenvalue weighted by atomic mass is 9.89. The van der Waals surface area contributed by atoms with Gasteiger partial charge in [0.2, 0.25) is 17.8 Å². The number of para-hydroxylation sites is 1. The molecule has 1 aliphatic heterocycles. The van der Waals surface area contributed by atoms with Crippen LogP contribution in [0.2, 0.25) is 0 Å². The van der Waals surface area contributed by atoms with E-state index in [-0.39, 0.29) is 0 Å². The monoisotopic (exact) mass is 351 g/mol. The molecule has 0 fully saturated rings. The molecular weight excluding hydrogens is 332 g/mol. The highest BCUT2D eigenvalue weighted by molar-refractivity contribution is 6.05. The Hall–Kier alpha value is -3.38. The quantitative estimate of drug-likeness (QED) is 0.283. The summed E-state index contributed by atoms with van der Waals surface area (Å²) in [7, 11) is 2.09.